The fraction of sp³-hybridized carbons (Fsp3) is 0.0625. The third-order valence-electron chi connectivity index (χ3n) is 2.66. The first-order valence-corrected chi connectivity index (χ1v) is 6.28. The molecule has 5 nitrogen and oxygen atoms in total. The first kappa shape index (κ1) is 14.5. The number of esters is 1. The first-order valence-electron chi connectivity index (χ1n) is 6.28. The summed E-state index contributed by atoms with van der Waals surface area (Å²) in [5.74, 6) is -1.09. The molecule has 1 aromatic heterocycles. The number of ether oxygens (including phenoxy) is 1. The molecule has 1 amide bonds. The number of carbonyl (C=O) groups excluding carboxylic acids is 2. The van der Waals surface area contributed by atoms with Gasteiger partial charge in [0.15, 0.2) is 0 Å². The van der Waals surface area contributed by atoms with Gasteiger partial charge in [0.2, 0.25) is 0 Å². The molecule has 0 spiro atoms. The van der Waals surface area contributed by atoms with E-state index in [4.69, 9.17) is 0 Å². The number of benzene rings is 1. The van der Waals surface area contributed by atoms with Gasteiger partial charge in [-0.3, -0.25) is 9.78 Å². The Balaban J connectivity index is 2.24. The molecule has 1 aromatic carbocycles. The van der Waals surface area contributed by atoms with Crippen molar-refractivity contribution in [3.63, 3.8) is 0 Å². The van der Waals surface area contributed by atoms with E-state index in [0.717, 1.165) is 5.56 Å². The number of hydrogen-bond acceptors (Lipinski definition) is 4. The SMILES string of the molecule is COC(=O)/C(=C/c1ccccc1)NC(=O)c1ccccn1. The van der Waals surface area contributed by atoms with Crippen LogP contribution >= 0.6 is 0 Å². The van der Waals surface area contributed by atoms with Crippen LogP contribution in [0.1, 0.15) is 16.1 Å². The highest BCUT2D eigenvalue weighted by Crippen LogP contribution is 2.07. The molecule has 5 heteroatoms. The lowest BCUT2D eigenvalue weighted by atomic mass is 10.2. The van der Waals surface area contributed by atoms with Crippen LogP contribution in [-0.4, -0.2) is 24.0 Å². The van der Waals surface area contributed by atoms with E-state index in [-0.39, 0.29) is 11.4 Å². The number of methoxy groups -OCH3 is 1. The van der Waals surface area contributed by atoms with Gasteiger partial charge in [-0.1, -0.05) is 36.4 Å². The van der Waals surface area contributed by atoms with Gasteiger partial charge < -0.3 is 10.1 Å². The predicted molar refractivity (Wildman–Crippen MR) is 78.1 cm³/mol. The molecule has 0 atom stereocenters. The number of nitrogens with zero attached hydrogens (tertiary/aromatic N) is 1. The van der Waals surface area contributed by atoms with Crippen LogP contribution in [0.15, 0.2) is 60.4 Å². The van der Waals surface area contributed by atoms with E-state index < -0.39 is 11.9 Å². The van der Waals surface area contributed by atoms with Gasteiger partial charge in [-0.25, -0.2) is 4.79 Å². The van der Waals surface area contributed by atoms with E-state index in [1.807, 2.05) is 30.3 Å². The monoisotopic (exact) mass is 282 g/mol. The second-order valence-electron chi connectivity index (χ2n) is 4.13. The molecule has 0 saturated heterocycles. The Morgan fingerprint density at radius 2 is 1.81 bits per heavy atom. The van der Waals surface area contributed by atoms with Crippen LogP contribution in [0.25, 0.3) is 6.08 Å². The average molecular weight is 282 g/mol. The zero-order valence-electron chi connectivity index (χ0n) is 11.4. The fourth-order valence-electron chi connectivity index (χ4n) is 1.66. The second-order valence-corrected chi connectivity index (χ2v) is 4.13. The number of amides is 1. The van der Waals surface area contributed by atoms with Crippen molar-refractivity contribution in [1.29, 1.82) is 0 Å². The molecule has 0 unspecified atom stereocenters. The maximum absolute atomic E-state index is 12.0. The van der Waals surface area contributed by atoms with Crippen molar-refractivity contribution >= 4 is 18.0 Å². The minimum atomic E-state index is -0.622. The van der Waals surface area contributed by atoms with Gasteiger partial charge in [-0.2, -0.15) is 0 Å². The third kappa shape index (κ3) is 4.01. The van der Waals surface area contributed by atoms with Crippen molar-refractivity contribution in [1.82, 2.24) is 10.3 Å². The Bertz CT molecular complexity index is 652. The molecule has 0 aliphatic carbocycles. The standard InChI is InChI=1S/C16H14N2O3/c1-21-16(20)14(11-12-7-3-2-4-8-12)18-15(19)13-9-5-6-10-17-13/h2-11H,1H3,(H,18,19)/b14-11-. The molecular formula is C16H14N2O3. The van der Waals surface area contributed by atoms with Crippen molar-refractivity contribution < 1.29 is 14.3 Å². The largest absolute Gasteiger partial charge is 0.464 e. The molecule has 1 heterocycles. The number of hydrogen-bond donors (Lipinski definition) is 1. The van der Waals surface area contributed by atoms with Gasteiger partial charge in [0.25, 0.3) is 5.91 Å². The number of carbonyl (C=O) groups is 2. The average Bonchev–Trinajstić information content (AvgIpc) is 2.55. The lowest BCUT2D eigenvalue weighted by molar-refractivity contribution is -0.136. The van der Waals surface area contributed by atoms with Crippen molar-refractivity contribution in [2.24, 2.45) is 0 Å². The Morgan fingerprint density at radius 3 is 2.43 bits per heavy atom. The number of pyridine rings is 1. The highest BCUT2D eigenvalue weighted by atomic mass is 16.5. The highest BCUT2D eigenvalue weighted by Gasteiger charge is 2.15. The van der Waals surface area contributed by atoms with Gasteiger partial charge in [-0.05, 0) is 23.8 Å². The molecule has 2 aromatic rings. The minimum Gasteiger partial charge on any atom is -0.464 e. The molecule has 106 valence electrons. The molecular weight excluding hydrogens is 268 g/mol. The van der Waals surface area contributed by atoms with Gasteiger partial charge in [-0.15, -0.1) is 0 Å². The molecule has 21 heavy (non-hydrogen) atoms. The second kappa shape index (κ2) is 7.00. The summed E-state index contributed by atoms with van der Waals surface area (Å²) in [6.45, 7) is 0. The number of nitrogens with one attached hydrogen (secondary N) is 1. The Kier molecular flexibility index (Phi) is 4.82. The van der Waals surface area contributed by atoms with Crippen molar-refractivity contribution in [2.75, 3.05) is 7.11 Å². The van der Waals surface area contributed by atoms with Crippen LogP contribution in [0, 0.1) is 0 Å². The summed E-state index contributed by atoms with van der Waals surface area (Å²) >= 11 is 0. The molecule has 0 bridgehead atoms. The maximum Gasteiger partial charge on any atom is 0.354 e. The molecule has 0 saturated carbocycles. The Hall–Kier alpha value is -2.95. The smallest absolute Gasteiger partial charge is 0.354 e. The van der Waals surface area contributed by atoms with Crippen LogP contribution in [-0.2, 0) is 9.53 Å². The van der Waals surface area contributed by atoms with Crippen molar-refractivity contribution in [3.05, 3.63) is 71.7 Å². The van der Waals surface area contributed by atoms with E-state index >= 15 is 0 Å². The number of aromatic nitrogens is 1. The normalized spacial score (nSPS) is 10.8. The van der Waals surface area contributed by atoms with Crippen molar-refractivity contribution in [2.45, 2.75) is 0 Å². The Morgan fingerprint density at radius 1 is 1.10 bits per heavy atom. The zero-order chi connectivity index (χ0) is 15.1. The lowest BCUT2D eigenvalue weighted by Gasteiger charge is -2.07. The molecule has 0 aliphatic heterocycles. The molecule has 0 aliphatic rings. The summed E-state index contributed by atoms with van der Waals surface area (Å²) in [7, 11) is 1.26. The summed E-state index contributed by atoms with van der Waals surface area (Å²) in [4.78, 5) is 27.7. The minimum absolute atomic E-state index is 0.0550. The third-order valence-corrected chi connectivity index (χ3v) is 2.66. The summed E-state index contributed by atoms with van der Waals surface area (Å²) < 4.78 is 4.68. The van der Waals surface area contributed by atoms with Crippen LogP contribution in [0.5, 0.6) is 0 Å². The van der Waals surface area contributed by atoms with E-state index in [1.54, 1.807) is 24.3 Å². The molecule has 0 fully saturated rings. The van der Waals surface area contributed by atoms with Crippen LogP contribution < -0.4 is 5.32 Å². The van der Waals surface area contributed by atoms with Crippen LogP contribution in [0.4, 0.5) is 0 Å². The lowest BCUT2D eigenvalue weighted by Crippen LogP contribution is -2.28. The van der Waals surface area contributed by atoms with Gasteiger partial charge in [0, 0.05) is 6.20 Å². The summed E-state index contributed by atoms with van der Waals surface area (Å²) in [5.41, 5.74) is 1.05. The van der Waals surface area contributed by atoms with Crippen molar-refractivity contribution in [3.8, 4) is 0 Å². The molecule has 0 radical (unpaired) electrons. The van der Waals surface area contributed by atoms with E-state index in [0.29, 0.717) is 0 Å². The van der Waals surface area contributed by atoms with Crippen LogP contribution in [0.2, 0.25) is 0 Å². The highest BCUT2D eigenvalue weighted by molar-refractivity contribution is 6.02. The van der Waals surface area contributed by atoms with E-state index in [1.165, 1.54) is 13.3 Å². The van der Waals surface area contributed by atoms with Gasteiger partial charge in [0.05, 0.1) is 7.11 Å². The van der Waals surface area contributed by atoms with E-state index in [9.17, 15) is 9.59 Å². The van der Waals surface area contributed by atoms with Gasteiger partial charge >= 0.3 is 5.97 Å². The summed E-state index contributed by atoms with van der Waals surface area (Å²) in [6, 6.07) is 14.1. The topological polar surface area (TPSA) is 68.3 Å². The molecule has 2 rings (SSSR count). The maximum atomic E-state index is 12.0. The summed E-state index contributed by atoms with van der Waals surface area (Å²) in [6.07, 6.45) is 3.06. The van der Waals surface area contributed by atoms with Gasteiger partial charge in [0.1, 0.15) is 11.4 Å². The molecule has 1 N–H and O–H groups in total. The first-order chi connectivity index (χ1) is 10.2. The number of rotatable bonds is 4. The zero-order valence-corrected chi connectivity index (χ0v) is 11.4. The van der Waals surface area contributed by atoms with Crippen LogP contribution in [0.3, 0.4) is 0 Å². The quantitative estimate of drug-likeness (QED) is 0.688. The Labute approximate surface area is 122 Å². The summed E-state index contributed by atoms with van der Waals surface area (Å²) in [5, 5.41) is 2.52. The fourth-order valence-corrected chi connectivity index (χ4v) is 1.66. The van der Waals surface area contributed by atoms with E-state index in [2.05, 4.69) is 15.0 Å². The predicted octanol–water partition coefficient (Wildman–Crippen LogP) is 2.03.